The number of aromatic nitrogens is 1. The minimum Gasteiger partial charge on any atom is -0.484 e. The summed E-state index contributed by atoms with van der Waals surface area (Å²) in [5, 5.41) is 0. The van der Waals surface area contributed by atoms with Gasteiger partial charge in [0.15, 0.2) is 12.3 Å². The van der Waals surface area contributed by atoms with Crippen LogP contribution in [-0.2, 0) is 11.3 Å². The minimum atomic E-state index is -0.105. The molecule has 6 nitrogen and oxygen atoms in total. The summed E-state index contributed by atoms with van der Waals surface area (Å²) in [7, 11) is 1.66. The van der Waals surface area contributed by atoms with Gasteiger partial charge in [0.25, 0.3) is 5.91 Å². The molecule has 6 heteroatoms. The average Bonchev–Trinajstić information content (AvgIpc) is 3.10. The van der Waals surface area contributed by atoms with Gasteiger partial charge in [-0.3, -0.25) is 4.79 Å². The molecule has 0 spiro atoms. The number of nitrogens with zero attached hydrogens (tertiary/aromatic N) is 2. The highest BCUT2D eigenvalue weighted by Gasteiger charge is 2.29. The van der Waals surface area contributed by atoms with E-state index in [2.05, 4.69) is 4.98 Å². The third-order valence-corrected chi connectivity index (χ3v) is 4.12. The van der Waals surface area contributed by atoms with E-state index in [-0.39, 0.29) is 18.6 Å². The van der Waals surface area contributed by atoms with Crippen LogP contribution in [0.15, 0.2) is 41.0 Å². The predicted octanol–water partition coefficient (Wildman–Crippen LogP) is 2.89. The van der Waals surface area contributed by atoms with Crippen LogP contribution in [-0.4, -0.2) is 42.1 Å². The number of ether oxygens (including phenoxy) is 2. The molecule has 1 atom stereocenters. The van der Waals surface area contributed by atoms with Crippen LogP contribution in [0.4, 0.5) is 0 Å². The van der Waals surface area contributed by atoms with Gasteiger partial charge in [-0.2, -0.15) is 0 Å². The molecule has 0 radical (unpaired) electrons. The minimum absolute atomic E-state index is 0.105. The van der Waals surface area contributed by atoms with Gasteiger partial charge in [0, 0.05) is 13.7 Å². The van der Waals surface area contributed by atoms with Crippen LogP contribution in [0.25, 0.3) is 0 Å². The van der Waals surface area contributed by atoms with Gasteiger partial charge in [0.05, 0.1) is 12.6 Å². The van der Waals surface area contributed by atoms with E-state index in [9.17, 15) is 4.79 Å². The number of piperidine rings is 1. The van der Waals surface area contributed by atoms with Crippen molar-refractivity contribution in [1.82, 2.24) is 9.88 Å². The normalized spacial score (nSPS) is 17.7. The maximum Gasteiger partial charge on any atom is 0.276 e. The highest BCUT2D eigenvalue weighted by atomic mass is 16.5. The molecule has 0 N–H and O–H groups in total. The van der Waals surface area contributed by atoms with Gasteiger partial charge in [0.2, 0.25) is 5.89 Å². The lowest BCUT2D eigenvalue weighted by Crippen LogP contribution is -2.46. The Morgan fingerprint density at radius 2 is 2.17 bits per heavy atom. The standard InChI is InChI=1S/C18H22N2O4/c1-22-11-14-7-5-6-10-20(14)18(21)16-12-24-17(19-16)13-23-15-8-3-2-4-9-15/h2-4,8-9,12,14H,5-7,10-11,13H2,1H3/t14-/m0/s1. The number of carbonyl (C=O) groups is 1. The second kappa shape index (κ2) is 7.97. The number of hydrogen-bond donors (Lipinski definition) is 0. The third-order valence-electron chi connectivity index (χ3n) is 4.12. The Kier molecular flexibility index (Phi) is 5.48. The van der Waals surface area contributed by atoms with E-state index in [1.807, 2.05) is 35.2 Å². The summed E-state index contributed by atoms with van der Waals surface area (Å²) in [6.07, 6.45) is 4.49. The highest BCUT2D eigenvalue weighted by molar-refractivity contribution is 5.92. The van der Waals surface area contributed by atoms with Gasteiger partial charge < -0.3 is 18.8 Å². The highest BCUT2D eigenvalue weighted by Crippen LogP contribution is 2.20. The number of amides is 1. The Hall–Kier alpha value is -2.34. The van der Waals surface area contributed by atoms with Crippen molar-refractivity contribution in [2.24, 2.45) is 0 Å². The maximum absolute atomic E-state index is 12.7. The quantitative estimate of drug-likeness (QED) is 0.815. The van der Waals surface area contributed by atoms with Crippen molar-refractivity contribution in [3.63, 3.8) is 0 Å². The Bertz CT molecular complexity index is 654. The van der Waals surface area contributed by atoms with Crippen molar-refractivity contribution >= 4 is 5.91 Å². The third kappa shape index (κ3) is 3.94. The summed E-state index contributed by atoms with van der Waals surface area (Å²) in [4.78, 5) is 18.8. The zero-order chi connectivity index (χ0) is 16.8. The van der Waals surface area contributed by atoms with Crippen LogP contribution in [0.5, 0.6) is 5.75 Å². The number of likely N-dealkylation sites (tertiary alicyclic amines) is 1. The lowest BCUT2D eigenvalue weighted by Gasteiger charge is -2.34. The van der Waals surface area contributed by atoms with Gasteiger partial charge in [-0.25, -0.2) is 4.98 Å². The maximum atomic E-state index is 12.7. The number of rotatable bonds is 6. The second-order valence-corrected chi connectivity index (χ2v) is 5.83. The molecule has 1 aliphatic rings. The van der Waals surface area contributed by atoms with Crippen LogP contribution in [0.1, 0.15) is 35.6 Å². The first-order valence-corrected chi connectivity index (χ1v) is 8.20. The summed E-state index contributed by atoms with van der Waals surface area (Å²) >= 11 is 0. The Labute approximate surface area is 141 Å². The molecular weight excluding hydrogens is 308 g/mol. The smallest absolute Gasteiger partial charge is 0.276 e. The Morgan fingerprint density at radius 1 is 1.33 bits per heavy atom. The van der Waals surface area contributed by atoms with E-state index in [4.69, 9.17) is 13.9 Å². The Balaban J connectivity index is 1.62. The first kappa shape index (κ1) is 16.5. The van der Waals surface area contributed by atoms with Crippen molar-refractivity contribution in [1.29, 1.82) is 0 Å². The zero-order valence-electron chi connectivity index (χ0n) is 13.8. The zero-order valence-corrected chi connectivity index (χ0v) is 13.8. The van der Waals surface area contributed by atoms with Crippen LogP contribution in [0.2, 0.25) is 0 Å². The van der Waals surface area contributed by atoms with E-state index in [1.165, 1.54) is 6.26 Å². The monoisotopic (exact) mass is 330 g/mol. The fourth-order valence-corrected chi connectivity index (χ4v) is 2.92. The molecule has 2 aromatic rings. The number of hydrogen-bond acceptors (Lipinski definition) is 5. The first-order chi connectivity index (χ1) is 11.8. The number of oxazole rings is 1. The summed E-state index contributed by atoms with van der Waals surface area (Å²) in [6.45, 7) is 1.47. The number of para-hydroxylation sites is 1. The molecule has 1 aliphatic heterocycles. The SMILES string of the molecule is COC[C@@H]1CCCCN1C(=O)c1coc(COc2ccccc2)n1. The summed E-state index contributed by atoms with van der Waals surface area (Å²) in [5.41, 5.74) is 0.324. The van der Waals surface area contributed by atoms with Crippen LogP contribution in [0, 0.1) is 0 Å². The van der Waals surface area contributed by atoms with Crippen molar-refractivity contribution in [3.05, 3.63) is 48.2 Å². The molecule has 3 rings (SSSR count). The fourth-order valence-electron chi connectivity index (χ4n) is 2.92. The van der Waals surface area contributed by atoms with E-state index in [1.54, 1.807) is 7.11 Å². The van der Waals surface area contributed by atoms with Crippen molar-refractivity contribution in [3.8, 4) is 5.75 Å². The van der Waals surface area contributed by atoms with Crippen molar-refractivity contribution < 1.29 is 18.7 Å². The largest absolute Gasteiger partial charge is 0.484 e. The molecule has 24 heavy (non-hydrogen) atoms. The average molecular weight is 330 g/mol. The Morgan fingerprint density at radius 3 is 2.96 bits per heavy atom. The summed E-state index contributed by atoms with van der Waals surface area (Å²) in [5.74, 6) is 1.02. The molecule has 0 unspecified atom stereocenters. The molecule has 1 amide bonds. The molecule has 1 aromatic heterocycles. The molecule has 2 heterocycles. The van der Waals surface area contributed by atoms with Gasteiger partial charge in [-0.1, -0.05) is 18.2 Å². The topological polar surface area (TPSA) is 64.8 Å². The first-order valence-electron chi connectivity index (χ1n) is 8.20. The van der Waals surface area contributed by atoms with Crippen molar-refractivity contribution in [2.45, 2.75) is 31.9 Å². The predicted molar refractivity (Wildman–Crippen MR) is 87.8 cm³/mol. The van der Waals surface area contributed by atoms with Crippen LogP contribution >= 0.6 is 0 Å². The molecular formula is C18H22N2O4. The number of benzene rings is 1. The van der Waals surface area contributed by atoms with Crippen LogP contribution in [0.3, 0.4) is 0 Å². The molecule has 1 aromatic carbocycles. The van der Waals surface area contributed by atoms with Crippen LogP contribution < -0.4 is 4.74 Å². The van der Waals surface area contributed by atoms with E-state index in [0.717, 1.165) is 31.6 Å². The number of carbonyl (C=O) groups excluding carboxylic acids is 1. The lowest BCUT2D eigenvalue weighted by atomic mass is 10.0. The summed E-state index contributed by atoms with van der Waals surface area (Å²) in [6, 6.07) is 9.54. The van der Waals surface area contributed by atoms with Crippen molar-refractivity contribution in [2.75, 3.05) is 20.3 Å². The molecule has 0 saturated carbocycles. The molecule has 128 valence electrons. The second-order valence-electron chi connectivity index (χ2n) is 5.83. The fraction of sp³-hybridized carbons (Fsp3) is 0.444. The van der Waals surface area contributed by atoms with E-state index >= 15 is 0 Å². The number of methoxy groups -OCH3 is 1. The van der Waals surface area contributed by atoms with Gasteiger partial charge >= 0.3 is 0 Å². The molecule has 1 fully saturated rings. The lowest BCUT2D eigenvalue weighted by molar-refractivity contribution is 0.0423. The molecule has 0 bridgehead atoms. The van der Waals surface area contributed by atoms with E-state index in [0.29, 0.717) is 18.2 Å². The van der Waals surface area contributed by atoms with Gasteiger partial charge in [-0.15, -0.1) is 0 Å². The van der Waals surface area contributed by atoms with Gasteiger partial charge in [-0.05, 0) is 31.4 Å². The molecule has 0 aliphatic carbocycles. The molecule has 1 saturated heterocycles. The van der Waals surface area contributed by atoms with E-state index < -0.39 is 0 Å². The summed E-state index contributed by atoms with van der Waals surface area (Å²) < 4.78 is 16.2. The van der Waals surface area contributed by atoms with Gasteiger partial charge in [0.1, 0.15) is 12.0 Å².